The van der Waals surface area contributed by atoms with Crippen molar-refractivity contribution in [2.45, 2.75) is 53.1 Å². The zero-order valence-corrected chi connectivity index (χ0v) is 12.5. The van der Waals surface area contributed by atoms with Gasteiger partial charge in [-0.2, -0.15) is 0 Å². The van der Waals surface area contributed by atoms with Crippen molar-refractivity contribution in [2.24, 2.45) is 11.8 Å². The van der Waals surface area contributed by atoms with Gasteiger partial charge >= 0.3 is 6.01 Å². The Morgan fingerprint density at radius 3 is 2.84 bits per heavy atom. The first-order valence-electron chi connectivity index (χ1n) is 7.41. The molecule has 108 valence electrons. The van der Waals surface area contributed by atoms with Gasteiger partial charge in [-0.15, -0.1) is 5.10 Å². The van der Waals surface area contributed by atoms with E-state index in [0.29, 0.717) is 36.3 Å². The Kier molecular flexibility index (Phi) is 4.80. The fourth-order valence-electron chi connectivity index (χ4n) is 2.77. The number of nitrogens with one attached hydrogen (secondary N) is 1. The zero-order valence-electron chi connectivity index (χ0n) is 12.5. The molecule has 1 aliphatic rings. The molecule has 0 saturated carbocycles. The van der Waals surface area contributed by atoms with Gasteiger partial charge in [0.2, 0.25) is 5.89 Å². The van der Waals surface area contributed by atoms with Gasteiger partial charge < -0.3 is 14.6 Å². The molecule has 1 aromatic rings. The van der Waals surface area contributed by atoms with E-state index in [1.807, 2.05) is 0 Å². The van der Waals surface area contributed by atoms with E-state index in [1.165, 1.54) is 6.42 Å². The molecule has 0 spiro atoms. The molecule has 2 heterocycles. The van der Waals surface area contributed by atoms with Gasteiger partial charge in [0.05, 0.1) is 6.54 Å². The second-order valence-electron chi connectivity index (χ2n) is 5.87. The van der Waals surface area contributed by atoms with Crippen molar-refractivity contribution in [3.05, 3.63) is 5.89 Å². The van der Waals surface area contributed by atoms with Crippen LogP contribution in [0.2, 0.25) is 0 Å². The molecule has 0 bridgehead atoms. The predicted octanol–water partition coefficient (Wildman–Crippen LogP) is 2.44. The smallest absolute Gasteiger partial charge is 0.318 e. The molecule has 1 aromatic heterocycles. The van der Waals surface area contributed by atoms with Crippen molar-refractivity contribution in [2.75, 3.05) is 18.0 Å². The van der Waals surface area contributed by atoms with Crippen molar-refractivity contribution in [1.29, 1.82) is 0 Å². The van der Waals surface area contributed by atoms with Crippen LogP contribution in [0.25, 0.3) is 0 Å². The molecule has 0 aliphatic carbocycles. The summed E-state index contributed by atoms with van der Waals surface area (Å²) in [5.74, 6) is 2.03. The average Bonchev–Trinajstić information content (AvgIpc) is 2.83. The Labute approximate surface area is 115 Å². The van der Waals surface area contributed by atoms with E-state index in [-0.39, 0.29) is 0 Å². The van der Waals surface area contributed by atoms with Crippen LogP contribution in [-0.4, -0.2) is 29.3 Å². The van der Waals surface area contributed by atoms with E-state index in [0.717, 1.165) is 19.5 Å². The molecular weight excluding hydrogens is 240 g/mol. The van der Waals surface area contributed by atoms with Gasteiger partial charge in [-0.3, -0.25) is 0 Å². The van der Waals surface area contributed by atoms with Gasteiger partial charge in [-0.1, -0.05) is 25.9 Å². The Hall–Kier alpha value is -1.10. The molecule has 1 fully saturated rings. The largest absolute Gasteiger partial charge is 0.407 e. The Balaban J connectivity index is 2.00. The van der Waals surface area contributed by atoms with Crippen LogP contribution < -0.4 is 10.2 Å². The molecule has 3 unspecified atom stereocenters. The highest BCUT2D eigenvalue weighted by molar-refractivity contribution is 5.28. The van der Waals surface area contributed by atoms with Crippen LogP contribution in [0.15, 0.2) is 4.42 Å². The fourth-order valence-corrected chi connectivity index (χ4v) is 2.77. The highest BCUT2D eigenvalue weighted by Crippen LogP contribution is 2.30. The summed E-state index contributed by atoms with van der Waals surface area (Å²) in [4.78, 5) is 2.26. The van der Waals surface area contributed by atoms with Crippen LogP contribution >= 0.6 is 0 Å². The summed E-state index contributed by atoms with van der Waals surface area (Å²) in [6.07, 6.45) is 2.38. The van der Waals surface area contributed by atoms with Crippen LogP contribution in [0.4, 0.5) is 6.01 Å². The molecule has 3 atom stereocenters. The first-order chi connectivity index (χ1) is 9.11. The fraction of sp³-hybridized carbons (Fsp3) is 0.857. The van der Waals surface area contributed by atoms with Gasteiger partial charge in [-0.25, -0.2) is 0 Å². The van der Waals surface area contributed by atoms with Crippen LogP contribution in [0, 0.1) is 11.8 Å². The number of rotatable bonds is 5. The highest BCUT2D eigenvalue weighted by atomic mass is 16.4. The summed E-state index contributed by atoms with van der Waals surface area (Å²) in [6, 6.07) is 1.15. The quantitative estimate of drug-likeness (QED) is 0.830. The van der Waals surface area contributed by atoms with Gasteiger partial charge in [0, 0.05) is 12.6 Å². The summed E-state index contributed by atoms with van der Waals surface area (Å²) in [5.41, 5.74) is 0. The van der Waals surface area contributed by atoms with E-state index < -0.39 is 0 Å². The first kappa shape index (κ1) is 14.3. The molecule has 5 nitrogen and oxygen atoms in total. The maximum Gasteiger partial charge on any atom is 0.318 e. The second kappa shape index (κ2) is 6.37. The lowest BCUT2D eigenvalue weighted by molar-refractivity contribution is 0.281. The maximum atomic E-state index is 5.78. The molecule has 1 N–H and O–H groups in total. The molecule has 0 amide bonds. The van der Waals surface area contributed by atoms with Crippen LogP contribution in [0.3, 0.4) is 0 Å². The van der Waals surface area contributed by atoms with Gasteiger partial charge in [0.15, 0.2) is 0 Å². The number of hydrogen-bond acceptors (Lipinski definition) is 5. The van der Waals surface area contributed by atoms with E-state index in [1.54, 1.807) is 0 Å². The molecular formula is C14H26N4O. The minimum absolute atomic E-state index is 0.466. The maximum absolute atomic E-state index is 5.78. The third-order valence-corrected chi connectivity index (χ3v) is 4.00. The average molecular weight is 266 g/mol. The third-order valence-electron chi connectivity index (χ3n) is 4.00. The SMILES string of the molecule is CCCNCc1nnc(N2CC(C)CC(C)C2C)o1. The van der Waals surface area contributed by atoms with Gasteiger partial charge in [0.1, 0.15) is 0 Å². The number of hydrogen-bond donors (Lipinski definition) is 1. The van der Waals surface area contributed by atoms with Gasteiger partial charge in [0.25, 0.3) is 0 Å². The summed E-state index contributed by atoms with van der Waals surface area (Å²) < 4.78 is 5.78. The normalized spacial score (nSPS) is 27.8. The standard InChI is InChI=1S/C14H26N4O/c1-5-6-15-8-13-16-17-14(19-13)18-9-10(2)7-11(3)12(18)4/h10-12,15H,5-9H2,1-4H3. The van der Waals surface area contributed by atoms with Gasteiger partial charge in [-0.05, 0) is 38.1 Å². The summed E-state index contributed by atoms with van der Waals surface area (Å²) in [6.45, 7) is 11.6. The topological polar surface area (TPSA) is 54.2 Å². The van der Waals surface area contributed by atoms with Crippen molar-refractivity contribution in [3.8, 4) is 0 Å². The predicted molar refractivity (Wildman–Crippen MR) is 76.0 cm³/mol. The van der Waals surface area contributed by atoms with Crippen LogP contribution in [0.1, 0.15) is 46.4 Å². The number of nitrogens with zero attached hydrogens (tertiary/aromatic N) is 3. The van der Waals surface area contributed by atoms with E-state index in [9.17, 15) is 0 Å². The summed E-state index contributed by atoms with van der Waals surface area (Å²) >= 11 is 0. The number of anilines is 1. The molecule has 1 aliphatic heterocycles. The lowest BCUT2D eigenvalue weighted by Gasteiger charge is -2.39. The molecule has 1 saturated heterocycles. The third kappa shape index (κ3) is 3.47. The second-order valence-corrected chi connectivity index (χ2v) is 5.87. The molecule has 5 heteroatoms. The highest BCUT2D eigenvalue weighted by Gasteiger charge is 2.31. The zero-order chi connectivity index (χ0) is 13.8. The lowest BCUT2D eigenvalue weighted by atomic mass is 9.86. The number of piperidine rings is 1. The van der Waals surface area contributed by atoms with E-state index in [4.69, 9.17) is 4.42 Å². The van der Waals surface area contributed by atoms with Crippen LogP contribution in [-0.2, 0) is 6.54 Å². The number of aromatic nitrogens is 2. The van der Waals surface area contributed by atoms with Crippen molar-refractivity contribution in [1.82, 2.24) is 15.5 Å². The van der Waals surface area contributed by atoms with Crippen molar-refractivity contribution < 1.29 is 4.42 Å². The minimum atomic E-state index is 0.466. The Morgan fingerprint density at radius 2 is 2.11 bits per heavy atom. The van der Waals surface area contributed by atoms with E-state index >= 15 is 0 Å². The molecule has 0 aromatic carbocycles. The Morgan fingerprint density at radius 1 is 1.32 bits per heavy atom. The first-order valence-corrected chi connectivity index (χ1v) is 7.41. The monoisotopic (exact) mass is 266 g/mol. The minimum Gasteiger partial charge on any atom is -0.407 e. The van der Waals surface area contributed by atoms with E-state index in [2.05, 4.69) is 48.1 Å². The molecule has 2 rings (SSSR count). The lowest BCUT2D eigenvalue weighted by Crippen LogP contribution is -2.46. The van der Waals surface area contributed by atoms with Crippen molar-refractivity contribution in [3.63, 3.8) is 0 Å². The molecule has 0 radical (unpaired) electrons. The summed E-state index contributed by atoms with van der Waals surface area (Å²) in [7, 11) is 0. The van der Waals surface area contributed by atoms with Crippen molar-refractivity contribution >= 4 is 6.01 Å². The van der Waals surface area contributed by atoms with Crippen LogP contribution in [0.5, 0.6) is 0 Å². The molecule has 19 heavy (non-hydrogen) atoms. The Bertz CT molecular complexity index is 393. The summed E-state index contributed by atoms with van der Waals surface area (Å²) in [5, 5.41) is 11.6.